The Bertz CT molecular complexity index is 1030. The van der Waals surface area contributed by atoms with E-state index in [0.717, 1.165) is 39.1 Å². The Morgan fingerprint density at radius 1 is 0.679 bits per heavy atom. The number of hydrogen-bond acceptors (Lipinski definition) is 6. The molecule has 0 aliphatic carbocycles. The van der Waals surface area contributed by atoms with E-state index in [4.69, 9.17) is 0 Å². The number of amidine groups is 1. The maximum atomic E-state index is 12.4. The highest BCUT2D eigenvalue weighted by Gasteiger charge is 2.28. The van der Waals surface area contributed by atoms with Gasteiger partial charge in [-0.1, -0.05) is 141 Å². The molecule has 0 aromatic rings. The normalized spacial score (nSPS) is 13.4. The average molecular weight is 768 g/mol. The van der Waals surface area contributed by atoms with Crippen LogP contribution in [-0.2, 0) is 19.4 Å². The van der Waals surface area contributed by atoms with E-state index in [1.54, 1.807) is 0 Å². The third-order valence-electron chi connectivity index (χ3n) is 10.0. The van der Waals surface area contributed by atoms with Gasteiger partial charge in [0, 0.05) is 12.8 Å². The molecule has 1 aliphatic rings. The van der Waals surface area contributed by atoms with Crippen molar-refractivity contribution >= 4 is 22.1 Å². The van der Waals surface area contributed by atoms with Crippen LogP contribution in [0.25, 0.3) is 0 Å². The summed E-state index contributed by atoms with van der Waals surface area (Å²) in [5, 5.41) is 3.21. The summed E-state index contributed by atoms with van der Waals surface area (Å²) < 4.78 is 34.5. The second-order valence-electron chi connectivity index (χ2n) is 14.8. The van der Waals surface area contributed by atoms with Crippen molar-refractivity contribution in [3.63, 3.8) is 0 Å². The molecule has 1 heterocycles. The first kappa shape index (κ1) is 51.3. The molecule has 1 aliphatic heterocycles. The van der Waals surface area contributed by atoms with Crippen LogP contribution in [0.5, 0.6) is 0 Å². The third-order valence-corrected chi connectivity index (χ3v) is 10.6. The lowest BCUT2D eigenvalue weighted by Crippen LogP contribution is -2.33. The van der Waals surface area contributed by atoms with Crippen LogP contribution in [-0.4, -0.2) is 73.5 Å². The minimum absolute atomic E-state index is 0.0914. The Morgan fingerprint density at radius 2 is 1.11 bits per heavy atom. The predicted octanol–water partition coefficient (Wildman–Crippen LogP) is 11.4. The van der Waals surface area contributed by atoms with Gasteiger partial charge in [0.2, 0.25) is 22.1 Å². The zero-order valence-corrected chi connectivity index (χ0v) is 36.0. The van der Waals surface area contributed by atoms with Gasteiger partial charge in [-0.25, -0.2) is 8.42 Å². The molecule has 0 atom stereocenters. The number of rotatable bonds is 36. The largest absolute Gasteiger partial charge is 0.726 e. The fraction of sp³-hybridized carbons (Fsp3) is 0.864. The van der Waals surface area contributed by atoms with Gasteiger partial charge in [0.15, 0.2) is 0 Å². The molecule has 0 aromatic carbocycles. The Labute approximate surface area is 329 Å². The molecule has 0 aromatic heterocycles. The number of nitrogens with zero attached hydrogens (tertiary/aromatic N) is 2. The number of carbonyl (C=O) groups is 1. The molecule has 0 saturated carbocycles. The van der Waals surface area contributed by atoms with Crippen molar-refractivity contribution in [3.8, 4) is 0 Å². The molecular formula is C44H85N3O5S. The first-order valence-corrected chi connectivity index (χ1v) is 23.6. The van der Waals surface area contributed by atoms with Crippen LogP contribution in [0.2, 0.25) is 0 Å². The summed E-state index contributed by atoms with van der Waals surface area (Å²) in [6.07, 6.45) is 45.9. The monoisotopic (exact) mass is 768 g/mol. The van der Waals surface area contributed by atoms with E-state index in [1.165, 1.54) is 180 Å². The lowest BCUT2D eigenvalue weighted by molar-refractivity contribution is -0.517. The van der Waals surface area contributed by atoms with E-state index >= 15 is 0 Å². The highest BCUT2D eigenvalue weighted by atomic mass is 32.3. The van der Waals surface area contributed by atoms with Crippen molar-refractivity contribution < 1.29 is 26.5 Å². The van der Waals surface area contributed by atoms with Gasteiger partial charge in [0.1, 0.15) is 19.6 Å². The first-order chi connectivity index (χ1) is 25.8. The Morgan fingerprint density at radius 3 is 1.53 bits per heavy atom. The number of hydrogen-bond donors (Lipinski definition) is 1. The standard InChI is InChI=1S/C42H79N3O.C2H6O4S/c1-4-7-9-11-13-15-17-19-21-23-25-27-29-31-33-35-41(46)43-37-38-45-40-39-44(6-3)42(45)36-34-32-30-28-26-24-22-20-18-16-14-12-10-8-5-2;1-2-6-7(3,4)5/h19-22H,4-18,23-40H2,1-3H3;2H2,1H3,(H,3,4,5). The molecule has 312 valence electrons. The summed E-state index contributed by atoms with van der Waals surface area (Å²) >= 11 is 0. The van der Waals surface area contributed by atoms with Gasteiger partial charge < -0.3 is 9.87 Å². The van der Waals surface area contributed by atoms with Crippen molar-refractivity contribution in [1.29, 1.82) is 0 Å². The summed E-state index contributed by atoms with van der Waals surface area (Å²) in [7, 11) is -4.42. The van der Waals surface area contributed by atoms with Crippen molar-refractivity contribution in [2.45, 2.75) is 207 Å². The lowest BCUT2D eigenvalue weighted by Gasteiger charge is -2.12. The Balaban J connectivity index is 0.00000348. The maximum absolute atomic E-state index is 12.4. The molecule has 1 N–H and O–H groups in total. The minimum atomic E-state index is -4.42. The number of carbonyl (C=O) groups excluding carboxylic acids is 1. The summed E-state index contributed by atoms with van der Waals surface area (Å²) in [5.41, 5.74) is 0. The molecule has 8 nitrogen and oxygen atoms in total. The quantitative estimate of drug-likeness (QED) is 0.0224. The number of allylic oxidation sites excluding steroid dienone is 4. The van der Waals surface area contributed by atoms with E-state index in [1.807, 2.05) is 0 Å². The molecule has 0 radical (unpaired) electrons. The van der Waals surface area contributed by atoms with Crippen molar-refractivity contribution in [1.82, 2.24) is 10.2 Å². The molecule has 0 fully saturated rings. The molecule has 53 heavy (non-hydrogen) atoms. The van der Waals surface area contributed by atoms with Crippen LogP contribution >= 0.6 is 0 Å². The van der Waals surface area contributed by atoms with Gasteiger partial charge in [0.05, 0.1) is 19.7 Å². The van der Waals surface area contributed by atoms with Crippen LogP contribution in [0.1, 0.15) is 207 Å². The molecule has 0 unspecified atom stereocenters. The van der Waals surface area contributed by atoms with Gasteiger partial charge in [-0.2, -0.15) is 0 Å². The smallest absolute Gasteiger partial charge is 0.247 e. The molecular weight excluding hydrogens is 683 g/mol. The van der Waals surface area contributed by atoms with E-state index in [0.29, 0.717) is 6.42 Å². The predicted molar refractivity (Wildman–Crippen MR) is 225 cm³/mol. The van der Waals surface area contributed by atoms with Crippen LogP contribution < -0.4 is 5.32 Å². The lowest BCUT2D eigenvalue weighted by atomic mass is 10.1. The highest BCUT2D eigenvalue weighted by molar-refractivity contribution is 7.80. The first-order valence-electron chi connectivity index (χ1n) is 22.3. The van der Waals surface area contributed by atoms with Crippen LogP contribution in [0.3, 0.4) is 0 Å². The van der Waals surface area contributed by atoms with E-state index < -0.39 is 10.4 Å². The number of amides is 1. The molecule has 1 amide bonds. The zero-order chi connectivity index (χ0) is 39.1. The van der Waals surface area contributed by atoms with Crippen LogP contribution in [0.15, 0.2) is 24.3 Å². The second kappa shape index (κ2) is 38.6. The van der Waals surface area contributed by atoms with Gasteiger partial charge >= 0.3 is 0 Å². The van der Waals surface area contributed by atoms with Crippen molar-refractivity contribution in [3.05, 3.63) is 24.3 Å². The highest BCUT2D eigenvalue weighted by Crippen LogP contribution is 2.14. The summed E-state index contributed by atoms with van der Waals surface area (Å²) in [6.45, 7) is 13.3. The zero-order valence-electron chi connectivity index (χ0n) is 35.2. The third kappa shape index (κ3) is 35.7. The van der Waals surface area contributed by atoms with Gasteiger partial charge in [-0.15, -0.1) is 0 Å². The maximum Gasteiger partial charge on any atom is 0.247 e. The molecule has 0 saturated heterocycles. The minimum Gasteiger partial charge on any atom is -0.726 e. The molecule has 1 rings (SSSR count). The number of nitrogens with one attached hydrogen (secondary N) is 1. The molecule has 9 heteroatoms. The van der Waals surface area contributed by atoms with Gasteiger partial charge in [-0.3, -0.25) is 18.5 Å². The van der Waals surface area contributed by atoms with Crippen molar-refractivity contribution in [2.24, 2.45) is 0 Å². The molecule has 0 bridgehead atoms. The van der Waals surface area contributed by atoms with E-state index in [9.17, 15) is 17.8 Å². The van der Waals surface area contributed by atoms with Gasteiger partial charge in [0.25, 0.3) is 0 Å². The summed E-state index contributed by atoms with van der Waals surface area (Å²) in [4.78, 5) is 15.0. The van der Waals surface area contributed by atoms with E-state index in [2.05, 4.69) is 64.1 Å². The average Bonchev–Trinajstić information content (AvgIpc) is 3.52. The number of likely N-dealkylation sites (N-methyl/N-ethyl adjacent to an activating group) is 1. The van der Waals surface area contributed by atoms with Crippen molar-refractivity contribution in [2.75, 3.05) is 39.3 Å². The van der Waals surface area contributed by atoms with E-state index in [-0.39, 0.29) is 12.5 Å². The Kier molecular flexibility index (Phi) is 37.3. The summed E-state index contributed by atoms with van der Waals surface area (Å²) in [6, 6.07) is 0. The SMILES string of the molecule is CCCCCCCCC=CCCCCCCCC(=O)NCC[N+]1=C(CCCCCCCC=CCCCCCCCC)N(CC)CC1.CCOS(=O)(=O)[O-]. The second-order valence-corrected chi connectivity index (χ2v) is 15.9. The topological polar surface area (TPSA) is 102 Å². The number of unbranched alkanes of at least 4 members (excludes halogenated alkanes) is 22. The fourth-order valence-electron chi connectivity index (χ4n) is 6.87. The van der Waals surface area contributed by atoms with Crippen LogP contribution in [0, 0.1) is 0 Å². The van der Waals surface area contributed by atoms with Crippen LogP contribution in [0.4, 0.5) is 0 Å². The fourth-order valence-corrected chi connectivity index (χ4v) is 7.16. The molecule has 0 spiro atoms. The summed E-state index contributed by atoms with van der Waals surface area (Å²) in [5.74, 6) is 1.76. The Hall–Kier alpha value is -1.71. The van der Waals surface area contributed by atoms with Gasteiger partial charge in [-0.05, 0) is 78.1 Å².